The number of piperidine rings is 2. The molecule has 0 aromatic rings. The van der Waals surface area contributed by atoms with E-state index >= 15 is 0 Å². The third-order valence-corrected chi connectivity index (χ3v) is 6.85. The lowest BCUT2D eigenvalue weighted by Crippen LogP contribution is -2.49. The summed E-state index contributed by atoms with van der Waals surface area (Å²) in [7, 11) is 0. The molecule has 0 saturated carbocycles. The molecule has 0 amide bonds. The monoisotopic (exact) mass is 308 g/mol. The lowest BCUT2D eigenvalue weighted by molar-refractivity contribution is 0.00958. The van der Waals surface area contributed by atoms with Gasteiger partial charge in [0.1, 0.15) is 0 Å². The fraction of sp³-hybridized carbons (Fsp3) is 1.00. The zero-order chi connectivity index (χ0) is 16.6. The van der Waals surface area contributed by atoms with Gasteiger partial charge in [-0.25, -0.2) is 0 Å². The molecule has 0 unspecified atom stereocenters. The molecular formula is C20H40N2. The SMILES string of the molecule is CC(C)(C)N1CCC(CN2CCC(C)(C(C)(C)C)CC2)CC1. The Morgan fingerprint density at radius 3 is 1.77 bits per heavy atom. The average Bonchev–Trinajstić information content (AvgIpc) is 2.40. The lowest BCUT2D eigenvalue weighted by atomic mass is 9.63. The van der Waals surface area contributed by atoms with Gasteiger partial charge >= 0.3 is 0 Å². The van der Waals surface area contributed by atoms with Crippen LogP contribution in [0.15, 0.2) is 0 Å². The molecule has 0 aromatic heterocycles. The molecule has 0 N–H and O–H groups in total. The van der Waals surface area contributed by atoms with Gasteiger partial charge in [0.25, 0.3) is 0 Å². The predicted octanol–water partition coefficient (Wildman–Crippen LogP) is 4.65. The van der Waals surface area contributed by atoms with Crippen LogP contribution in [0, 0.1) is 16.7 Å². The number of rotatable bonds is 2. The van der Waals surface area contributed by atoms with Gasteiger partial charge in [0, 0.05) is 12.1 Å². The van der Waals surface area contributed by atoms with Crippen LogP contribution in [0.4, 0.5) is 0 Å². The largest absolute Gasteiger partial charge is 0.303 e. The van der Waals surface area contributed by atoms with Crippen LogP contribution < -0.4 is 0 Å². The van der Waals surface area contributed by atoms with E-state index in [0.29, 0.717) is 16.4 Å². The maximum Gasteiger partial charge on any atom is 0.0125 e. The summed E-state index contributed by atoms with van der Waals surface area (Å²) in [6.45, 7) is 23.4. The summed E-state index contributed by atoms with van der Waals surface area (Å²) in [5, 5.41) is 0. The van der Waals surface area contributed by atoms with Crippen LogP contribution in [-0.4, -0.2) is 48.1 Å². The van der Waals surface area contributed by atoms with E-state index in [0.717, 1.165) is 5.92 Å². The van der Waals surface area contributed by atoms with Crippen molar-refractivity contribution in [1.82, 2.24) is 9.80 Å². The second-order valence-electron chi connectivity index (χ2n) is 10.2. The number of hydrogen-bond donors (Lipinski definition) is 0. The standard InChI is InChI=1S/C20H40N2/c1-18(2,3)20(7)10-14-21(15-11-20)16-17-8-12-22(13-9-17)19(4,5)6/h17H,8-16H2,1-7H3. The maximum atomic E-state index is 2.75. The molecule has 2 aliphatic heterocycles. The zero-order valence-electron chi connectivity index (χ0n) is 16.3. The Bertz CT molecular complexity index is 345. The van der Waals surface area contributed by atoms with E-state index in [1.165, 1.54) is 58.4 Å². The normalized spacial score (nSPS) is 26.3. The summed E-state index contributed by atoms with van der Waals surface area (Å²) in [6, 6.07) is 0. The summed E-state index contributed by atoms with van der Waals surface area (Å²) in [6.07, 6.45) is 5.53. The molecule has 2 rings (SSSR count). The molecule has 2 aliphatic rings. The first kappa shape index (κ1) is 18.3. The zero-order valence-corrected chi connectivity index (χ0v) is 16.3. The molecule has 2 heteroatoms. The van der Waals surface area contributed by atoms with Gasteiger partial charge in [-0.3, -0.25) is 4.90 Å². The summed E-state index contributed by atoms with van der Waals surface area (Å²) < 4.78 is 0. The van der Waals surface area contributed by atoms with Crippen molar-refractivity contribution in [3.8, 4) is 0 Å². The van der Waals surface area contributed by atoms with Crippen molar-refractivity contribution in [2.75, 3.05) is 32.7 Å². The molecule has 2 fully saturated rings. The van der Waals surface area contributed by atoms with E-state index in [1.54, 1.807) is 0 Å². The van der Waals surface area contributed by atoms with E-state index in [9.17, 15) is 0 Å². The van der Waals surface area contributed by atoms with Gasteiger partial charge in [0.05, 0.1) is 0 Å². The quantitative estimate of drug-likeness (QED) is 0.733. The lowest BCUT2D eigenvalue weighted by Gasteiger charge is -2.49. The highest BCUT2D eigenvalue weighted by atomic mass is 15.2. The van der Waals surface area contributed by atoms with Crippen LogP contribution >= 0.6 is 0 Å². The minimum absolute atomic E-state index is 0.352. The predicted molar refractivity (Wildman–Crippen MR) is 97.3 cm³/mol. The van der Waals surface area contributed by atoms with Crippen LogP contribution in [-0.2, 0) is 0 Å². The molecular weight excluding hydrogens is 268 g/mol. The topological polar surface area (TPSA) is 6.48 Å². The van der Waals surface area contributed by atoms with Crippen molar-refractivity contribution in [1.29, 1.82) is 0 Å². The maximum absolute atomic E-state index is 2.75. The van der Waals surface area contributed by atoms with Gasteiger partial charge in [-0.15, -0.1) is 0 Å². The van der Waals surface area contributed by atoms with Crippen molar-refractivity contribution in [3.05, 3.63) is 0 Å². The summed E-state index contributed by atoms with van der Waals surface area (Å²) in [5.74, 6) is 0.928. The Hall–Kier alpha value is -0.0800. The fourth-order valence-electron chi connectivity index (χ4n) is 4.13. The smallest absolute Gasteiger partial charge is 0.0125 e. The first-order valence-electron chi connectivity index (χ1n) is 9.49. The molecule has 130 valence electrons. The Kier molecular flexibility index (Phi) is 5.34. The molecule has 2 nitrogen and oxygen atoms in total. The first-order chi connectivity index (χ1) is 10.0. The van der Waals surface area contributed by atoms with Crippen molar-refractivity contribution in [3.63, 3.8) is 0 Å². The minimum Gasteiger partial charge on any atom is -0.303 e. The Morgan fingerprint density at radius 2 is 1.36 bits per heavy atom. The van der Waals surface area contributed by atoms with Crippen LogP contribution in [0.25, 0.3) is 0 Å². The average molecular weight is 309 g/mol. The van der Waals surface area contributed by atoms with Gasteiger partial charge in [0.15, 0.2) is 0 Å². The van der Waals surface area contributed by atoms with Gasteiger partial charge in [0.2, 0.25) is 0 Å². The minimum atomic E-state index is 0.352. The highest BCUT2D eigenvalue weighted by molar-refractivity contribution is 4.92. The number of hydrogen-bond acceptors (Lipinski definition) is 2. The van der Waals surface area contributed by atoms with Gasteiger partial charge in [-0.05, 0) is 89.4 Å². The van der Waals surface area contributed by atoms with E-state index < -0.39 is 0 Å². The first-order valence-corrected chi connectivity index (χ1v) is 9.49. The molecule has 0 radical (unpaired) electrons. The van der Waals surface area contributed by atoms with E-state index in [1.807, 2.05) is 0 Å². The molecule has 2 heterocycles. The highest BCUT2D eigenvalue weighted by Gasteiger charge is 2.40. The van der Waals surface area contributed by atoms with Crippen molar-refractivity contribution in [2.24, 2.45) is 16.7 Å². The number of nitrogens with zero attached hydrogens (tertiary/aromatic N) is 2. The third-order valence-electron chi connectivity index (χ3n) is 6.85. The summed E-state index contributed by atoms with van der Waals surface area (Å²) in [4.78, 5) is 5.42. The molecule has 0 bridgehead atoms. The Labute approximate surface area is 139 Å². The second-order valence-corrected chi connectivity index (χ2v) is 10.2. The van der Waals surface area contributed by atoms with E-state index in [2.05, 4.69) is 58.3 Å². The summed E-state index contributed by atoms with van der Waals surface area (Å²) >= 11 is 0. The fourth-order valence-corrected chi connectivity index (χ4v) is 4.13. The summed E-state index contributed by atoms with van der Waals surface area (Å²) in [5.41, 5.74) is 1.32. The van der Waals surface area contributed by atoms with Gasteiger partial charge in [-0.1, -0.05) is 27.7 Å². The molecule has 22 heavy (non-hydrogen) atoms. The van der Waals surface area contributed by atoms with Crippen molar-refractivity contribution < 1.29 is 0 Å². The molecule has 0 atom stereocenters. The Balaban J connectivity index is 1.76. The van der Waals surface area contributed by atoms with Crippen LogP contribution in [0.2, 0.25) is 0 Å². The molecule has 0 spiro atoms. The second kappa shape index (κ2) is 6.43. The van der Waals surface area contributed by atoms with Gasteiger partial charge < -0.3 is 4.90 Å². The van der Waals surface area contributed by atoms with E-state index in [-0.39, 0.29) is 0 Å². The van der Waals surface area contributed by atoms with Crippen molar-refractivity contribution in [2.45, 2.75) is 79.7 Å². The van der Waals surface area contributed by atoms with Gasteiger partial charge in [-0.2, -0.15) is 0 Å². The van der Waals surface area contributed by atoms with Crippen molar-refractivity contribution >= 4 is 0 Å². The number of likely N-dealkylation sites (tertiary alicyclic amines) is 2. The molecule has 0 aromatic carbocycles. The van der Waals surface area contributed by atoms with Crippen LogP contribution in [0.3, 0.4) is 0 Å². The van der Waals surface area contributed by atoms with Crippen LogP contribution in [0.5, 0.6) is 0 Å². The molecule has 0 aliphatic carbocycles. The molecule has 2 saturated heterocycles. The highest BCUT2D eigenvalue weighted by Crippen LogP contribution is 2.46. The van der Waals surface area contributed by atoms with E-state index in [4.69, 9.17) is 0 Å². The Morgan fingerprint density at radius 1 is 0.864 bits per heavy atom. The third kappa shape index (κ3) is 4.26. The van der Waals surface area contributed by atoms with Crippen LogP contribution in [0.1, 0.15) is 74.1 Å².